The van der Waals surface area contributed by atoms with Gasteiger partial charge >= 0.3 is 0 Å². The van der Waals surface area contributed by atoms with Crippen LogP contribution in [0.4, 0.5) is 0 Å². The van der Waals surface area contributed by atoms with E-state index in [-0.39, 0.29) is 18.4 Å². The molecule has 0 aliphatic rings. The molecule has 0 spiro atoms. The van der Waals surface area contributed by atoms with E-state index in [0.29, 0.717) is 11.5 Å². The summed E-state index contributed by atoms with van der Waals surface area (Å²) in [6.45, 7) is 1.91. The standard InChI is InChI=1S/C15H19N3O3/c1-10(12-8-16-17-9-12)18-15(19)6-11-4-5-13(20-2)7-14(11)21-3/h4-5,7-10H,6H2,1-3H3,(H,16,17)(H,18,19). The van der Waals surface area contributed by atoms with E-state index in [0.717, 1.165) is 11.1 Å². The molecule has 1 aromatic heterocycles. The zero-order chi connectivity index (χ0) is 15.2. The molecule has 6 heteroatoms. The van der Waals surface area contributed by atoms with E-state index in [2.05, 4.69) is 15.5 Å². The lowest BCUT2D eigenvalue weighted by molar-refractivity contribution is -0.121. The van der Waals surface area contributed by atoms with Gasteiger partial charge in [0.15, 0.2) is 0 Å². The van der Waals surface area contributed by atoms with Gasteiger partial charge in [-0.25, -0.2) is 0 Å². The van der Waals surface area contributed by atoms with Crippen molar-refractivity contribution >= 4 is 5.91 Å². The van der Waals surface area contributed by atoms with E-state index in [9.17, 15) is 4.79 Å². The molecule has 0 aliphatic carbocycles. The lowest BCUT2D eigenvalue weighted by Gasteiger charge is -2.14. The highest BCUT2D eigenvalue weighted by Gasteiger charge is 2.13. The minimum absolute atomic E-state index is 0.0767. The quantitative estimate of drug-likeness (QED) is 0.851. The Labute approximate surface area is 123 Å². The average Bonchev–Trinajstić information content (AvgIpc) is 3.01. The number of aromatic amines is 1. The van der Waals surface area contributed by atoms with Gasteiger partial charge in [-0.1, -0.05) is 6.07 Å². The van der Waals surface area contributed by atoms with Crippen LogP contribution in [0.3, 0.4) is 0 Å². The molecule has 2 N–H and O–H groups in total. The fraction of sp³-hybridized carbons (Fsp3) is 0.333. The van der Waals surface area contributed by atoms with Crippen molar-refractivity contribution in [2.45, 2.75) is 19.4 Å². The molecule has 0 fully saturated rings. The Morgan fingerprint density at radius 1 is 1.38 bits per heavy atom. The molecule has 112 valence electrons. The number of carbonyl (C=O) groups excluding carboxylic acids is 1. The van der Waals surface area contributed by atoms with Crippen LogP contribution in [-0.4, -0.2) is 30.3 Å². The van der Waals surface area contributed by atoms with E-state index in [1.54, 1.807) is 32.7 Å². The monoisotopic (exact) mass is 289 g/mol. The second-order valence-corrected chi connectivity index (χ2v) is 4.68. The van der Waals surface area contributed by atoms with E-state index >= 15 is 0 Å². The third-order valence-corrected chi connectivity index (χ3v) is 3.24. The highest BCUT2D eigenvalue weighted by molar-refractivity contribution is 5.79. The highest BCUT2D eigenvalue weighted by Crippen LogP contribution is 2.25. The molecule has 1 aromatic carbocycles. The van der Waals surface area contributed by atoms with Gasteiger partial charge in [0.05, 0.1) is 32.9 Å². The second-order valence-electron chi connectivity index (χ2n) is 4.68. The van der Waals surface area contributed by atoms with Crippen LogP contribution in [0, 0.1) is 0 Å². The summed E-state index contributed by atoms with van der Waals surface area (Å²) in [4.78, 5) is 12.1. The molecule has 1 heterocycles. The highest BCUT2D eigenvalue weighted by atomic mass is 16.5. The number of nitrogens with zero attached hydrogens (tertiary/aromatic N) is 1. The van der Waals surface area contributed by atoms with Gasteiger partial charge in [0.1, 0.15) is 11.5 Å². The van der Waals surface area contributed by atoms with Crippen LogP contribution in [0.2, 0.25) is 0 Å². The molecule has 0 radical (unpaired) electrons. The molecule has 2 aromatic rings. The number of aromatic nitrogens is 2. The predicted molar refractivity (Wildman–Crippen MR) is 78.4 cm³/mol. The molecule has 1 atom stereocenters. The Morgan fingerprint density at radius 3 is 2.81 bits per heavy atom. The number of methoxy groups -OCH3 is 2. The molecule has 2 rings (SSSR count). The Balaban J connectivity index is 2.02. The normalized spacial score (nSPS) is 11.8. The summed E-state index contributed by atoms with van der Waals surface area (Å²) in [5, 5.41) is 9.53. The Hall–Kier alpha value is -2.50. The van der Waals surface area contributed by atoms with Crippen molar-refractivity contribution in [2.75, 3.05) is 14.2 Å². The van der Waals surface area contributed by atoms with E-state index < -0.39 is 0 Å². The minimum Gasteiger partial charge on any atom is -0.497 e. The van der Waals surface area contributed by atoms with Crippen LogP contribution >= 0.6 is 0 Å². The first kappa shape index (κ1) is 14.9. The van der Waals surface area contributed by atoms with Crippen LogP contribution in [0.1, 0.15) is 24.1 Å². The van der Waals surface area contributed by atoms with Gasteiger partial charge in [-0.3, -0.25) is 9.89 Å². The molecular formula is C15H19N3O3. The number of nitrogens with one attached hydrogen (secondary N) is 2. The second kappa shape index (κ2) is 6.78. The lowest BCUT2D eigenvalue weighted by Crippen LogP contribution is -2.28. The maximum absolute atomic E-state index is 12.1. The van der Waals surface area contributed by atoms with Crippen molar-refractivity contribution in [3.8, 4) is 11.5 Å². The summed E-state index contributed by atoms with van der Waals surface area (Å²) in [5.41, 5.74) is 1.75. The SMILES string of the molecule is COc1ccc(CC(=O)NC(C)c2cn[nH]c2)c(OC)c1. The number of rotatable bonds is 6. The molecule has 1 amide bonds. The van der Waals surface area contributed by atoms with Gasteiger partial charge in [0.25, 0.3) is 0 Å². The number of carbonyl (C=O) groups is 1. The number of hydrogen-bond donors (Lipinski definition) is 2. The van der Waals surface area contributed by atoms with E-state index in [1.165, 1.54) is 0 Å². The smallest absolute Gasteiger partial charge is 0.225 e. The summed E-state index contributed by atoms with van der Waals surface area (Å²) in [7, 11) is 3.16. The summed E-state index contributed by atoms with van der Waals surface area (Å²) < 4.78 is 10.4. The first-order valence-electron chi connectivity index (χ1n) is 6.63. The maximum Gasteiger partial charge on any atom is 0.225 e. The number of benzene rings is 1. The van der Waals surface area contributed by atoms with E-state index in [4.69, 9.17) is 9.47 Å². The zero-order valence-electron chi connectivity index (χ0n) is 12.3. The number of H-pyrrole nitrogens is 1. The predicted octanol–water partition coefficient (Wildman–Crippen LogP) is 1.85. The lowest BCUT2D eigenvalue weighted by atomic mass is 10.1. The van der Waals surface area contributed by atoms with Crippen LogP contribution in [0.5, 0.6) is 11.5 Å². The summed E-state index contributed by atoms with van der Waals surface area (Å²) >= 11 is 0. The molecule has 0 saturated carbocycles. The third-order valence-electron chi connectivity index (χ3n) is 3.24. The minimum atomic E-state index is -0.0968. The maximum atomic E-state index is 12.1. The summed E-state index contributed by atoms with van der Waals surface area (Å²) in [5.74, 6) is 1.26. The van der Waals surface area contributed by atoms with Crippen LogP contribution in [0.25, 0.3) is 0 Å². The van der Waals surface area contributed by atoms with Crippen molar-refractivity contribution in [3.05, 3.63) is 41.7 Å². The fourth-order valence-corrected chi connectivity index (χ4v) is 2.04. The first-order valence-corrected chi connectivity index (χ1v) is 6.63. The van der Waals surface area contributed by atoms with Crippen molar-refractivity contribution in [1.82, 2.24) is 15.5 Å². The largest absolute Gasteiger partial charge is 0.497 e. The van der Waals surface area contributed by atoms with Crippen LogP contribution < -0.4 is 14.8 Å². The summed E-state index contributed by atoms with van der Waals surface area (Å²) in [6.07, 6.45) is 3.70. The van der Waals surface area contributed by atoms with Gasteiger partial charge < -0.3 is 14.8 Å². The number of amides is 1. The third kappa shape index (κ3) is 3.75. The Bertz CT molecular complexity index is 596. The first-order chi connectivity index (χ1) is 10.1. The van der Waals surface area contributed by atoms with Crippen LogP contribution in [0.15, 0.2) is 30.6 Å². The van der Waals surface area contributed by atoms with E-state index in [1.807, 2.05) is 19.1 Å². The molecule has 0 aliphatic heterocycles. The average molecular weight is 289 g/mol. The van der Waals surface area contributed by atoms with Gasteiger partial charge in [-0.05, 0) is 13.0 Å². The molecule has 6 nitrogen and oxygen atoms in total. The van der Waals surface area contributed by atoms with Crippen molar-refractivity contribution in [2.24, 2.45) is 0 Å². The molecule has 1 unspecified atom stereocenters. The Morgan fingerprint density at radius 2 is 2.19 bits per heavy atom. The van der Waals surface area contributed by atoms with Gasteiger partial charge in [0, 0.05) is 23.4 Å². The summed E-state index contributed by atoms with van der Waals surface area (Å²) in [6, 6.07) is 5.31. The Kier molecular flexibility index (Phi) is 4.81. The molecule has 21 heavy (non-hydrogen) atoms. The topological polar surface area (TPSA) is 76.2 Å². The van der Waals surface area contributed by atoms with Crippen molar-refractivity contribution in [3.63, 3.8) is 0 Å². The molecule has 0 bridgehead atoms. The zero-order valence-corrected chi connectivity index (χ0v) is 12.3. The van der Waals surface area contributed by atoms with Gasteiger partial charge in [-0.15, -0.1) is 0 Å². The fourth-order valence-electron chi connectivity index (χ4n) is 2.04. The number of hydrogen-bond acceptors (Lipinski definition) is 4. The van der Waals surface area contributed by atoms with Gasteiger partial charge in [-0.2, -0.15) is 5.10 Å². The molecule has 0 saturated heterocycles. The van der Waals surface area contributed by atoms with Gasteiger partial charge in [0.2, 0.25) is 5.91 Å². The van der Waals surface area contributed by atoms with Crippen molar-refractivity contribution in [1.29, 1.82) is 0 Å². The van der Waals surface area contributed by atoms with Crippen molar-refractivity contribution < 1.29 is 14.3 Å². The number of ether oxygens (including phenoxy) is 2. The van der Waals surface area contributed by atoms with Crippen LogP contribution in [-0.2, 0) is 11.2 Å². The molecular weight excluding hydrogens is 270 g/mol.